The number of aromatic nitrogens is 2. The Labute approximate surface area is 108 Å². The van der Waals surface area contributed by atoms with E-state index in [1.165, 1.54) is 43.6 Å². The van der Waals surface area contributed by atoms with Crippen LogP contribution >= 0.6 is 11.8 Å². The highest BCUT2D eigenvalue weighted by Gasteiger charge is 2.24. The summed E-state index contributed by atoms with van der Waals surface area (Å²) in [5.74, 6) is 1.30. The minimum atomic E-state index is 0.746. The molecule has 1 saturated carbocycles. The minimum absolute atomic E-state index is 0.746. The number of hydrogen-bond donors (Lipinski definition) is 1. The summed E-state index contributed by atoms with van der Waals surface area (Å²) >= 11 is 1.94. The van der Waals surface area contributed by atoms with E-state index >= 15 is 0 Å². The van der Waals surface area contributed by atoms with Crippen LogP contribution in [0.4, 0.5) is 0 Å². The number of unbranched alkanes of at least 4 members (excludes halogenated alkanes) is 2. The molecule has 0 amide bonds. The van der Waals surface area contributed by atoms with Crippen LogP contribution in [0.5, 0.6) is 0 Å². The van der Waals surface area contributed by atoms with Crippen LogP contribution in [0.25, 0.3) is 0 Å². The topological polar surface area (TPSA) is 29.9 Å². The van der Waals surface area contributed by atoms with Crippen molar-refractivity contribution in [1.82, 2.24) is 14.9 Å². The Morgan fingerprint density at radius 1 is 1.41 bits per heavy atom. The van der Waals surface area contributed by atoms with Crippen LogP contribution in [0.2, 0.25) is 0 Å². The number of imidazole rings is 1. The first-order valence-corrected chi connectivity index (χ1v) is 8.01. The molecule has 1 aromatic heterocycles. The van der Waals surface area contributed by atoms with Crippen molar-refractivity contribution in [2.45, 2.75) is 44.7 Å². The molecule has 1 aliphatic rings. The molecule has 4 heteroatoms. The Morgan fingerprint density at radius 2 is 2.29 bits per heavy atom. The Balaban J connectivity index is 1.56. The van der Waals surface area contributed by atoms with Crippen LogP contribution in [-0.2, 0) is 6.54 Å². The molecule has 0 aliphatic heterocycles. The van der Waals surface area contributed by atoms with Crippen molar-refractivity contribution in [2.75, 3.05) is 18.6 Å². The Bertz CT molecular complexity index is 320. The molecule has 0 unspecified atom stereocenters. The van der Waals surface area contributed by atoms with Gasteiger partial charge in [0, 0.05) is 18.8 Å². The predicted molar refractivity (Wildman–Crippen MR) is 74.4 cm³/mol. The number of hydrogen-bond acceptors (Lipinski definition) is 3. The molecule has 0 saturated heterocycles. The number of nitrogens with zero attached hydrogens (tertiary/aromatic N) is 2. The van der Waals surface area contributed by atoms with Gasteiger partial charge in [-0.1, -0.05) is 6.42 Å². The van der Waals surface area contributed by atoms with Gasteiger partial charge in [0.2, 0.25) is 0 Å². The second-order valence-electron chi connectivity index (χ2n) is 4.75. The van der Waals surface area contributed by atoms with Gasteiger partial charge in [0.15, 0.2) is 0 Å². The standard InChI is InChI=1S/C13H23N3S/c1-17-8-4-2-3-7-14-9-13-10-15-11-16(13)12-5-6-12/h10-12,14H,2-9H2,1H3. The van der Waals surface area contributed by atoms with Gasteiger partial charge in [-0.3, -0.25) is 0 Å². The quantitative estimate of drug-likeness (QED) is 0.686. The molecular formula is C13H23N3S. The third kappa shape index (κ3) is 4.36. The highest BCUT2D eigenvalue weighted by molar-refractivity contribution is 7.98. The van der Waals surface area contributed by atoms with Crippen molar-refractivity contribution >= 4 is 11.8 Å². The van der Waals surface area contributed by atoms with E-state index in [0.29, 0.717) is 0 Å². The zero-order valence-corrected chi connectivity index (χ0v) is 11.5. The first kappa shape index (κ1) is 13.0. The molecule has 1 aromatic rings. The maximum Gasteiger partial charge on any atom is 0.0951 e. The van der Waals surface area contributed by atoms with Crippen molar-refractivity contribution in [1.29, 1.82) is 0 Å². The first-order valence-electron chi connectivity index (χ1n) is 6.62. The maximum atomic E-state index is 4.24. The maximum absolute atomic E-state index is 4.24. The largest absolute Gasteiger partial charge is 0.330 e. The summed E-state index contributed by atoms with van der Waals surface area (Å²) in [6.45, 7) is 2.10. The van der Waals surface area contributed by atoms with E-state index in [-0.39, 0.29) is 0 Å². The van der Waals surface area contributed by atoms with E-state index < -0.39 is 0 Å². The third-order valence-corrected chi connectivity index (χ3v) is 3.89. The van der Waals surface area contributed by atoms with Gasteiger partial charge in [0.05, 0.1) is 12.0 Å². The molecule has 1 fully saturated rings. The second kappa shape index (κ2) is 7.07. The molecule has 0 spiro atoms. The Hall–Kier alpha value is -0.480. The monoisotopic (exact) mass is 253 g/mol. The fourth-order valence-electron chi connectivity index (χ4n) is 2.04. The number of rotatable bonds is 9. The second-order valence-corrected chi connectivity index (χ2v) is 5.74. The average Bonchev–Trinajstić information content (AvgIpc) is 3.08. The lowest BCUT2D eigenvalue weighted by Crippen LogP contribution is -2.17. The Kier molecular flexibility index (Phi) is 5.39. The first-order chi connectivity index (χ1) is 8.42. The number of nitrogens with one attached hydrogen (secondary N) is 1. The van der Waals surface area contributed by atoms with Crippen LogP contribution in [0.3, 0.4) is 0 Å². The molecule has 0 atom stereocenters. The van der Waals surface area contributed by atoms with Gasteiger partial charge >= 0.3 is 0 Å². The van der Waals surface area contributed by atoms with Gasteiger partial charge in [-0.25, -0.2) is 4.98 Å². The summed E-state index contributed by atoms with van der Waals surface area (Å²) in [4.78, 5) is 4.24. The molecule has 0 aromatic carbocycles. The molecule has 0 bridgehead atoms. The van der Waals surface area contributed by atoms with Gasteiger partial charge in [0.1, 0.15) is 0 Å². The fourth-order valence-corrected chi connectivity index (χ4v) is 2.53. The summed E-state index contributed by atoms with van der Waals surface area (Å²) < 4.78 is 2.33. The molecule has 3 nitrogen and oxygen atoms in total. The summed E-state index contributed by atoms with van der Waals surface area (Å²) in [6, 6.07) is 0.746. The summed E-state index contributed by atoms with van der Waals surface area (Å²) in [6.07, 6.45) is 12.8. The molecule has 96 valence electrons. The van der Waals surface area contributed by atoms with Crippen LogP contribution < -0.4 is 5.32 Å². The average molecular weight is 253 g/mol. The smallest absolute Gasteiger partial charge is 0.0951 e. The van der Waals surface area contributed by atoms with E-state index in [0.717, 1.165) is 19.1 Å². The zero-order valence-electron chi connectivity index (χ0n) is 10.7. The van der Waals surface area contributed by atoms with Crippen molar-refractivity contribution < 1.29 is 0 Å². The van der Waals surface area contributed by atoms with Crippen molar-refractivity contribution in [3.63, 3.8) is 0 Å². The lowest BCUT2D eigenvalue weighted by molar-refractivity contribution is 0.587. The molecule has 1 heterocycles. The molecule has 17 heavy (non-hydrogen) atoms. The molecular weight excluding hydrogens is 230 g/mol. The minimum Gasteiger partial charge on any atom is -0.330 e. The van der Waals surface area contributed by atoms with Crippen LogP contribution in [0, 0.1) is 0 Å². The van der Waals surface area contributed by atoms with E-state index in [9.17, 15) is 0 Å². The van der Waals surface area contributed by atoms with E-state index in [4.69, 9.17) is 0 Å². The van der Waals surface area contributed by atoms with Gasteiger partial charge in [-0.15, -0.1) is 0 Å². The van der Waals surface area contributed by atoms with Gasteiger partial charge in [0.25, 0.3) is 0 Å². The van der Waals surface area contributed by atoms with Crippen LogP contribution in [0.15, 0.2) is 12.5 Å². The van der Waals surface area contributed by atoms with Crippen molar-refractivity contribution in [2.24, 2.45) is 0 Å². The SMILES string of the molecule is CSCCCCCNCc1cncn1C1CC1. The predicted octanol–water partition coefficient (Wildman–Crippen LogP) is 2.84. The zero-order chi connectivity index (χ0) is 11.9. The molecule has 2 rings (SSSR count). The van der Waals surface area contributed by atoms with E-state index in [2.05, 4.69) is 21.1 Å². The van der Waals surface area contributed by atoms with Crippen molar-refractivity contribution in [3.05, 3.63) is 18.2 Å². The highest BCUT2D eigenvalue weighted by atomic mass is 32.2. The van der Waals surface area contributed by atoms with E-state index in [1.807, 2.05) is 24.3 Å². The van der Waals surface area contributed by atoms with Crippen molar-refractivity contribution in [3.8, 4) is 0 Å². The van der Waals surface area contributed by atoms with E-state index in [1.54, 1.807) is 0 Å². The molecule has 0 radical (unpaired) electrons. The van der Waals surface area contributed by atoms with Gasteiger partial charge in [-0.05, 0) is 44.2 Å². The lowest BCUT2D eigenvalue weighted by Gasteiger charge is -2.07. The highest BCUT2D eigenvalue weighted by Crippen LogP contribution is 2.35. The normalized spacial score (nSPS) is 15.4. The number of thioether (sulfide) groups is 1. The Morgan fingerprint density at radius 3 is 3.06 bits per heavy atom. The summed E-state index contributed by atoms with van der Waals surface area (Å²) in [5.41, 5.74) is 1.34. The summed E-state index contributed by atoms with van der Waals surface area (Å²) in [5, 5.41) is 3.52. The third-order valence-electron chi connectivity index (χ3n) is 3.19. The lowest BCUT2D eigenvalue weighted by atomic mass is 10.2. The fraction of sp³-hybridized carbons (Fsp3) is 0.769. The van der Waals surface area contributed by atoms with Gasteiger partial charge < -0.3 is 9.88 Å². The van der Waals surface area contributed by atoms with Gasteiger partial charge in [-0.2, -0.15) is 11.8 Å². The summed E-state index contributed by atoms with van der Waals surface area (Å²) in [7, 11) is 0. The molecule has 1 aliphatic carbocycles. The molecule has 1 N–H and O–H groups in total. The van der Waals surface area contributed by atoms with Crippen LogP contribution in [-0.4, -0.2) is 28.1 Å². The van der Waals surface area contributed by atoms with Crippen LogP contribution in [0.1, 0.15) is 43.8 Å².